The van der Waals surface area contributed by atoms with Crippen molar-refractivity contribution in [1.29, 1.82) is 0 Å². The van der Waals surface area contributed by atoms with E-state index in [1.54, 1.807) is 5.57 Å². The van der Waals surface area contributed by atoms with Crippen molar-refractivity contribution in [2.75, 3.05) is 6.61 Å². The van der Waals surface area contributed by atoms with E-state index in [1.165, 1.54) is 44.2 Å². The minimum absolute atomic E-state index is 0.0166. The Kier molecular flexibility index (Phi) is 5.50. The predicted molar refractivity (Wildman–Crippen MR) is 81.2 cm³/mol. The minimum Gasteiger partial charge on any atom is -0.466 e. The molecule has 20 heavy (non-hydrogen) atoms. The lowest BCUT2D eigenvalue weighted by Gasteiger charge is -2.31. The highest BCUT2D eigenvalue weighted by atomic mass is 16.5. The second-order valence-electron chi connectivity index (χ2n) is 6.54. The molecule has 0 spiro atoms. The van der Waals surface area contributed by atoms with Gasteiger partial charge < -0.3 is 10.1 Å². The molecular formula is C17H29NO2. The van der Waals surface area contributed by atoms with Crippen LogP contribution < -0.4 is 5.32 Å². The Balaban J connectivity index is 1.81. The maximum atomic E-state index is 11.5. The van der Waals surface area contributed by atoms with E-state index in [4.69, 9.17) is 4.74 Å². The van der Waals surface area contributed by atoms with Crippen LogP contribution in [0.4, 0.5) is 0 Å². The van der Waals surface area contributed by atoms with E-state index < -0.39 is 0 Å². The van der Waals surface area contributed by atoms with Crippen molar-refractivity contribution in [3.63, 3.8) is 0 Å². The van der Waals surface area contributed by atoms with Gasteiger partial charge >= 0.3 is 5.97 Å². The Morgan fingerprint density at radius 3 is 2.40 bits per heavy atom. The van der Waals surface area contributed by atoms with Crippen LogP contribution in [0.15, 0.2) is 11.3 Å². The van der Waals surface area contributed by atoms with Gasteiger partial charge in [-0.05, 0) is 71.1 Å². The SMILES string of the molecule is CCOC(=O)CC1CCC(C(NC(C)C)=C2CC2)CC1. The standard InChI is InChI=1S/C17H29NO2/c1-4-20-16(19)11-13-5-7-14(8-6-13)17(15-9-10-15)18-12(2)3/h12-14,18H,4-11H2,1-3H3. The number of hydrogen-bond acceptors (Lipinski definition) is 3. The van der Waals surface area contributed by atoms with Crippen LogP contribution in [0, 0.1) is 11.8 Å². The molecule has 0 aromatic rings. The fourth-order valence-electron chi connectivity index (χ4n) is 3.26. The van der Waals surface area contributed by atoms with Crippen molar-refractivity contribution in [3.05, 3.63) is 11.3 Å². The van der Waals surface area contributed by atoms with E-state index in [-0.39, 0.29) is 5.97 Å². The van der Waals surface area contributed by atoms with Crippen molar-refractivity contribution in [2.45, 2.75) is 71.8 Å². The second-order valence-corrected chi connectivity index (χ2v) is 6.54. The Bertz CT molecular complexity index is 359. The fraction of sp³-hybridized carbons (Fsp3) is 0.824. The molecule has 0 atom stereocenters. The summed E-state index contributed by atoms with van der Waals surface area (Å²) in [5, 5.41) is 3.68. The van der Waals surface area contributed by atoms with Crippen LogP contribution in [0.3, 0.4) is 0 Å². The number of esters is 1. The molecule has 2 rings (SSSR count). The summed E-state index contributed by atoms with van der Waals surface area (Å²) in [4.78, 5) is 11.5. The van der Waals surface area contributed by atoms with Gasteiger partial charge in [0.25, 0.3) is 0 Å². The summed E-state index contributed by atoms with van der Waals surface area (Å²) in [6, 6.07) is 0.523. The molecule has 114 valence electrons. The highest BCUT2D eigenvalue weighted by molar-refractivity contribution is 5.69. The Morgan fingerprint density at radius 2 is 1.90 bits per heavy atom. The quantitative estimate of drug-likeness (QED) is 0.752. The molecule has 0 radical (unpaired) electrons. The molecule has 2 aliphatic rings. The van der Waals surface area contributed by atoms with Gasteiger partial charge in [-0.25, -0.2) is 0 Å². The normalized spacial score (nSPS) is 25.5. The molecule has 1 N–H and O–H groups in total. The van der Waals surface area contributed by atoms with Crippen LogP contribution in [0.25, 0.3) is 0 Å². The first kappa shape index (κ1) is 15.4. The van der Waals surface area contributed by atoms with Gasteiger partial charge in [-0.3, -0.25) is 4.79 Å². The molecular weight excluding hydrogens is 250 g/mol. The first-order valence-corrected chi connectivity index (χ1v) is 8.24. The minimum atomic E-state index is -0.0166. The summed E-state index contributed by atoms with van der Waals surface area (Å²) in [6.45, 7) is 6.81. The third-order valence-electron chi connectivity index (χ3n) is 4.34. The number of allylic oxidation sites excluding steroid dienone is 2. The maximum absolute atomic E-state index is 11.5. The van der Waals surface area contributed by atoms with Gasteiger partial charge in [-0.15, -0.1) is 0 Å². The number of hydrogen-bond donors (Lipinski definition) is 1. The first-order valence-electron chi connectivity index (χ1n) is 8.24. The first-order chi connectivity index (χ1) is 9.60. The van der Waals surface area contributed by atoms with Crippen LogP contribution >= 0.6 is 0 Å². The van der Waals surface area contributed by atoms with Crippen molar-refractivity contribution in [2.24, 2.45) is 11.8 Å². The maximum Gasteiger partial charge on any atom is 0.306 e. The third kappa shape index (κ3) is 4.53. The van der Waals surface area contributed by atoms with Gasteiger partial charge in [-0.2, -0.15) is 0 Å². The molecule has 3 nitrogen and oxygen atoms in total. The van der Waals surface area contributed by atoms with E-state index in [0.29, 0.717) is 30.9 Å². The van der Waals surface area contributed by atoms with Crippen LogP contribution in [-0.4, -0.2) is 18.6 Å². The second kappa shape index (κ2) is 7.14. The molecule has 2 saturated carbocycles. The van der Waals surface area contributed by atoms with E-state index in [1.807, 2.05) is 6.92 Å². The number of carbonyl (C=O) groups excluding carboxylic acids is 1. The van der Waals surface area contributed by atoms with Crippen LogP contribution in [0.1, 0.15) is 65.7 Å². The summed E-state index contributed by atoms with van der Waals surface area (Å²) in [5.41, 5.74) is 3.18. The number of nitrogens with one attached hydrogen (secondary N) is 1. The largest absolute Gasteiger partial charge is 0.466 e. The molecule has 0 aromatic carbocycles. The van der Waals surface area contributed by atoms with E-state index in [2.05, 4.69) is 19.2 Å². The van der Waals surface area contributed by atoms with Gasteiger partial charge in [0.05, 0.1) is 6.61 Å². The van der Waals surface area contributed by atoms with Gasteiger partial charge in [0.2, 0.25) is 0 Å². The molecule has 0 bridgehead atoms. The lowest BCUT2D eigenvalue weighted by Crippen LogP contribution is -2.29. The Hall–Kier alpha value is -0.990. The van der Waals surface area contributed by atoms with Gasteiger partial charge in [0.1, 0.15) is 0 Å². The summed E-state index contributed by atoms with van der Waals surface area (Å²) in [7, 11) is 0. The number of ether oxygens (including phenoxy) is 1. The zero-order chi connectivity index (χ0) is 14.5. The lowest BCUT2D eigenvalue weighted by molar-refractivity contribution is -0.144. The number of rotatable bonds is 6. The van der Waals surface area contributed by atoms with Crippen molar-refractivity contribution in [3.8, 4) is 0 Å². The molecule has 0 aliphatic heterocycles. The summed E-state index contributed by atoms with van der Waals surface area (Å²) in [5.74, 6) is 1.22. The van der Waals surface area contributed by atoms with Gasteiger partial charge in [0.15, 0.2) is 0 Å². The Morgan fingerprint density at radius 1 is 1.25 bits per heavy atom. The molecule has 0 heterocycles. The lowest BCUT2D eigenvalue weighted by atomic mass is 9.78. The smallest absolute Gasteiger partial charge is 0.306 e. The summed E-state index contributed by atoms with van der Waals surface area (Å²) in [6.07, 6.45) is 7.98. The Labute approximate surface area is 123 Å². The highest BCUT2D eigenvalue weighted by Gasteiger charge is 2.29. The molecule has 0 unspecified atom stereocenters. The van der Waals surface area contributed by atoms with Crippen LogP contribution in [0.5, 0.6) is 0 Å². The van der Waals surface area contributed by atoms with Crippen molar-refractivity contribution < 1.29 is 9.53 Å². The van der Waals surface area contributed by atoms with E-state index in [9.17, 15) is 4.79 Å². The van der Waals surface area contributed by atoms with Crippen LogP contribution in [0.2, 0.25) is 0 Å². The number of carbonyl (C=O) groups is 1. The average molecular weight is 279 g/mol. The third-order valence-corrected chi connectivity index (χ3v) is 4.34. The van der Waals surface area contributed by atoms with Gasteiger partial charge in [-0.1, -0.05) is 5.57 Å². The van der Waals surface area contributed by atoms with E-state index in [0.717, 1.165) is 0 Å². The zero-order valence-corrected chi connectivity index (χ0v) is 13.2. The monoisotopic (exact) mass is 279 g/mol. The predicted octanol–water partition coefficient (Wildman–Crippen LogP) is 3.79. The molecule has 2 fully saturated rings. The topological polar surface area (TPSA) is 38.3 Å². The molecule has 3 heteroatoms. The fourth-order valence-corrected chi connectivity index (χ4v) is 3.26. The molecule has 0 amide bonds. The zero-order valence-electron chi connectivity index (χ0n) is 13.2. The van der Waals surface area contributed by atoms with Crippen molar-refractivity contribution >= 4 is 5.97 Å². The molecule has 0 aromatic heterocycles. The average Bonchev–Trinajstić information content (AvgIpc) is 3.21. The summed E-state index contributed by atoms with van der Waals surface area (Å²) >= 11 is 0. The van der Waals surface area contributed by atoms with Crippen molar-refractivity contribution in [1.82, 2.24) is 5.32 Å². The molecule has 2 aliphatic carbocycles. The summed E-state index contributed by atoms with van der Waals surface area (Å²) < 4.78 is 5.06. The van der Waals surface area contributed by atoms with E-state index >= 15 is 0 Å². The van der Waals surface area contributed by atoms with Crippen LogP contribution in [-0.2, 0) is 9.53 Å². The molecule has 0 saturated heterocycles. The van der Waals surface area contributed by atoms with Gasteiger partial charge in [0, 0.05) is 18.2 Å². The highest BCUT2D eigenvalue weighted by Crippen LogP contribution is 2.40.